The number of hydrogen-bond acceptors (Lipinski definition) is 3. The van der Waals surface area contributed by atoms with Crippen LogP contribution in [0.15, 0.2) is 78.9 Å². The number of nitrogens with zero attached hydrogens (tertiary/aromatic N) is 2. The topological polar surface area (TPSA) is 64.0 Å². The molecule has 3 aromatic carbocycles. The average molecular weight is 440 g/mol. The first kappa shape index (κ1) is 22.5. The van der Waals surface area contributed by atoms with E-state index < -0.39 is 0 Å². The molecule has 0 saturated heterocycles. The molecular weight excluding hydrogens is 410 g/mol. The third-order valence-corrected chi connectivity index (χ3v) is 5.88. The third kappa shape index (κ3) is 5.55. The Morgan fingerprint density at radius 3 is 2.39 bits per heavy atom. The molecule has 5 nitrogen and oxygen atoms in total. The maximum absolute atomic E-state index is 12.8. The van der Waals surface area contributed by atoms with Crippen LogP contribution in [0.2, 0.25) is 0 Å². The lowest BCUT2D eigenvalue weighted by Gasteiger charge is -2.10. The summed E-state index contributed by atoms with van der Waals surface area (Å²) in [5.41, 5.74) is 4.33. The van der Waals surface area contributed by atoms with E-state index in [-0.39, 0.29) is 18.2 Å². The van der Waals surface area contributed by atoms with Crippen LogP contribution >= 0.6 is 0 Å². The van der Waals surface area contributed by atoms with Gasteiger partial charge in [0.1, 0.15) is 5.82 Å². The van der Waals surface area contributed by atoms with Gasteiger partial charge in [0, 0.05) is 24.1 Å². The number of rotatable bonds is 10. The lowest BCUT2D eigenvalue weighted by molar-refractivity contribution is 0.0950. The van der Waals surface area contributed by atoms with Gasteiger partial charge in [0.15, 0.2) is 5.78 Å². The number of benzene rings is 3. The highest BCUT2D eigenvalue weighted by molar-refractivity contribution is 5.97. The summed E-state index contributed by atoms with van der Waals surface area (Å²) in [4.78, 5) is 30.0. The molecule has 168 valence electrons. The SMILES string of the molecule is Cc1ccccc1C(=O)NCCCCCc1nc2ccccc2n1CC(=O)c1ccccc1. The van der Waals surface area contributed by atoms with Gasteiger partial charge in [-0.05, 0) is 43.5 Å². The number of aromatic nitrogens is 2. The molecule has 33 heavy (non-hydrogen) atoms. The Labute approximate surface area is 194 Å². The number of carbonyl (C=O) groups excluding carboxylic acids is 2. The lowest BCUT2D eigenvalue weighted by atomic mass is 10.1. The standard InChI is InChI=1S/C28H29N3O2/c1-21-12-7-8-15-23(21)28(33)29-19-11-3-6-18-27-30-24-16-9-10-17-25(24)31(27)20-26(32)22-13-4-2-5-14-22/h2,4-5,7-10,12-17H,3,6,11,18-20H2,1H3,(H,29,33). The van der Waals surface area contributed by atoms with Crippen LogP contribution in [0.5, 0.6) is 0 Å². The average Bonchev–Trinajstić information content (AvgIpc) is 3.19. The summed E-state index contributed by atoms with van der Waals surface area (Å²) in [5.74, 6) is 0.998. The number of nitrogens with one attached hydrogen (secondary N) is 1. The molecule has 0 fully saturated rings. The van der Waals surface area contributed by atoms with Gasteiger partial charge in [-0.1, -0.05) is 67.1 Å². The van der Waals surface area contributed by atoms with E-state index in [2.05, 4.69) is 5.32 Å². The Hall–Kier alpha value is -3.73. The van der Waals surface area contributed by atoms with E-state index >= 15 is 0 Å². The molecule has 1 heterocycles. The maximum Gasteiger partial charge on any atom is 0.251 e. The highest BCUT2D eigenvalue weighted by atomic mass is 16.1. The van der Waals surface area contributed by atoms with Crippen molar-refractivity contribution in [3.8, 4) is 0 Å². The molecule has 0 spiro atoms. The summed E-state index contributed by atoms with van der Waals surface area (Å²) in [6.07, 6.45) is 3.62. The van der Waals surface area contributed by atoms with E-state index in [1.807, 2.05) is 90.4 Å². The number of hydrogen-bond donors (Lipinski definition) is 1. The molecule has 1 amide bonds. The molecule has 0 aliphatic rings. The van der Waals surface area contributed by atoms with Crippen molar-refractivity contribution < 1.29 is 9.59 Å². The van der Waals surface area contributed by atoms with Crippen molar-refractivity contribution in [3.05, 3.63) is 101 Å². The van der Waals surface area contributed by atoms with Crippen molar-refractivity contribution in [2.45, 2.75) is 39.2 Å². The summed E-state index contributed by atoms with van der Waals surface area (Å²) in [5, 5.41) is 3.01. The molecule has 4 rings (SSSR count). The zero-order valence-corrected chi connectivity index (χ0v) is 19.0. The van der Waals surface area contributed by atoms with E-state index in [0.717, 1.165) is 53.7 Å². The summed E-state index contributed by atoms with van der Waals surface area (Å²) in [7, 11) is 0. The number of unbranched alkanes of at least 4 members (excludes halogenated alkanes) is 2. The smallest absolute Gasteiger partial charge is 0.251 e. The number of Topliss-reactive ketones (excluding diaryl/α,β-unsaturated/α-hetero) is 1. The van der Waals surface area contributed by atoms with Crippen molar-refractivity contribution in [3.63, 3.8) is 0 Å². The van der Waals surface area contributed by atoms with Gasteiger partial charge < -0.3 is 9.88 Å². The second-order valence-corrected chi connectivity index (χ2v) is 8.27. The van der Waals surface area contributed by atoms with Crippen LogP contribution in [0, 0.1) is 6.92 Å². The molecular formula is C28H29N3O2. The van der Waals surface area contributed by atoms with Gasteiger partial charge in [-0.25, -0.2) is 4.98 Å². The third-order valence-electron chi connectivity index (χ3n) is 5.88. The van der Waals surface area contributed by atoms with Crippen molar-refractivity contribution in [2.75, 3.05) is 6.54 Å². The fourth-order valence-corrected chi connectivity index (χ4v) is 4.06. The Balaban J connectivity index is 1.33. The Morgan fingerprint density at radius 2 is 1.58 bits per heavy atom. The van der Waals surface area contributed by atoms with E-state index in [4.69, 9.17) is 4.98 Å². The minimum Gasteiger partial charge on any atom is -0.352 e. The molecule has 0 aliphatic heterocycles. The predicted octanol–water partition coefficient (Wildman–Crippen LogP) is 5.37. The molecule has 4 aromatic rings. The van der Waals surface area contributed by atoms with Gasteiger partial charge in [-0.2, -0.15) is 0 Å². The van der Waals surface area contributed by atoms with E-state index in [0.29, 0.717) is 12.1 Å². The van der Waals surface area contributed by atoms with Gasteiger partial charge in [-0.3, -0.25) is 9.59 Å². The van der Waals surface area contributed by atoms with Gasteiger partial charge in [0.2, 0.25) is 0 Å². The van der Waals surface area contributed by atoms with Crippen molar-refractivity contribution in [1.29, 1.82) is 0 Å². The molecule has 0 unspecified atom stereocenters. The number of carbonyl (C=O) groups is 2. The predicted molar refractivity (Wildman–Crippen MR) is 132 cm³/mol. The number of amides is 1. The van der Waals surface area contributed by atoms with Crippen LogP contribution in [0.4, 0.5) is 0 Å². The highest BCUT2D eigenvalue weighted by Crippen LogP contribution is 2.19. The molecule has 0 radical (unpaired) electrons. The fraction of sp³-hybridized carbons (Fsp3) is 0.250. The van der Waals surface area contributed by atoms with Gasteiger partial charge in [0.05, 0.1) is 17.6 Å². The Bertz CT molecular complexity index is 1240. The number of aryl methyl sites for hydroxylation is 2. The van der Waals surface area contributed by atoms with Gasteiger partial charge >= 0.3 is 0 Å². The molecule has 5 heteroatoms. The van der Waals surface area contributed by atoms with Gasteiger partial charge in [-0.15, -0.1) is 0 Å². The molecule has 0 atom stereocenters. The monoisotopic (exact) mass is 439 g/mol. The van der Waals surface area contributed by atoms with E-state index in [1.54, 1.807) is 0 Å². The number of ketones is 1. The molecule has 0 aliphatic carbocycles. The molecule has 0 bridgehead atoms. The first-order valence-corrected chi connectivity index (χ1v) is 11.5. The van der Waals surface area contributed by atoms with E-state index in [1.165, 1.54) is 0 Å². The minimum absolute atomic E-state index is 0.0192. The minimum atomic E-state index is -0.0192. The largest absolute Gasteiger partial charge is 0.352 e. The second kappa shape index (κ2) is 10.7. The fourth-order valence-electron chi connectivity index (χ4n) is 4.06. The van der Waals surface area contributed by atoms with Crippen molar-refractivity contribution >= 4 is 22.7 Å². The zero-order chi connectivity index (χ0) is 23.0. The Morgan fingerprint density at radius 1 is 0.848 bits per heavy atom. The van der Waals surface area contributed by atoms with Crippen molar-refractivity contribution in [1.82, 2.24) is 14.9 Å². The van der Waals surface area contributed by atoms with E-state index in [9.17, 15) is 9.59 Å². The van der Waals surface area contributed by atoms with Crippen LogP contribution in [0.25, 0.3) is 11.0 Å². The van der Waals surface area contributed by atoms with Crippen LogP contribution in [-0.2, 0) is 13.0 Å². The molecule has 1 aromatic heterocycles. The first-order valence-electron chi connectivity index (χ1n) is 11.5. The summed E-state index contributed by atoms with van der Waals surface area (Å²) >= 11 is 0. The van der Waals surface area contributed by atoms with Gasteiger partial charge in [0.25, 0.3) is 5.91 Å². The van der Waals surface area contributed by atoms with Crippen LogP contribution < -0.4 is 5.32 Å². The van der Waals surface area contributed by atoms with Crippen LogP contribution in [-0.4, -0.2) is 27.8 Å². The normalized spacial score (nSPS) is 10.9. The van der Waals surface area contributed by atoms with Crippen LogP contribution in [0.1, 0.15) is 51.4 Å². The second-order valence-electron chi connectivity index (χ2n) is 8.27. The highest BCUT2D eigenvalue weighted by Gasteiger charge is 2.14. The summed E-state index contributed by atoms with van der Waals surface area (Å²) in [6.45, 7) is 2.88. The number of fused-ring (bicyclic) bond motifs is 1. The van der Waals surface area contributed by atoms with Crippen LogP contribution in [0.3, 0.4) is 0 Å². The number of imidazole rings is 1. The Kier molecular flexibility index (Phi) is 7.30. The quantitative estimate of drug-likeness (QED) is 0.267. The zero-order valence-electron chi connectivity index (χ0n) is 19.0. The lowest BCUT2D eigenvalue weighted by Crippen LogP contribution is -2.25. The summed E-state index contributed by atoms with van der Waals surface area (Å²) < 4.78 is 2.05. The van der Waals surface area contributed by atoms with Crippen molar-refractivity contribution in [2.24, 2.45) is 0 Å². The molecule has 0 saturated carbocycles. The number of para-hydroxylation sites is 2. The maximum atomic E-state index is 12.8. The molecule has 1 N–H and O–H groups in total. The summed E-state index contributed by atoms with van der Waals surface area (Å²) in [6, 6.07) is 25.0. The first-order chi connectivity index (χ1) is 16.1.